The Labute approximate surface area is 152 Å². The molecule has 0 saturated heterocycles. The Balaban J connectivity index is 2.21. The van der Waals surface area contributed by atoms with Gasteiger partial charge in [-0.2, -0.15) is 0 Å². The van der Waals surface area contributed by atoms with E-state index in [2.05, 4.69) is 0 Å². The lowest BCUT2D eigenvalue weighted by Gasteiger charge is -2.37. The molecular weight excluding hydrogens is 334 g/mol. The Morgan fingerprint density at radius 1 is 1.27 bits per heavy atom. The number of hydrogen-bond donors (Lipinski definition) is 1. The first-order chi connectivity index (χ1) is 12.3. The van der Waals surface area contributed by atoms with Crippen molar-refractivity contribution in [2.45, 2.75) is 32.6 Å². The van der Waals surface area contributed by atoms with Gasteiger partial charge in [0.25, 0.3) is 0 Å². The first-order valence-electron chi connectivity index (χ1n) is 8.43. The summed E-state index contributed by atoms with van der Waals surface area (Å²) in [5.74, 6) is -0.150. The fourth-order valence-electron chi connectivity index (χ4n) is 3.65. The van der Waals surface area contributed by atoms with Crippen LogP contribution < -0.4 is 10.5 Å². The lowest BCUT2D eigenvalue weighted by Crippen LogP contribution is -2.35. The number of allylic oxidation sites excluding steroid dienone is 2. The quantitative estimate of drug-likeness (QED) is 0.837. The van der Waals surface area contributed by atoms with Crippen LogP contribution in [0.1, 0.15) is 38.2 Å². The van der Waals surface area contributed by atoms with Gasteiger partial charge in [0.05, 0.1) is 20.1 Å². The Bertz CT molecular complexity index is 834. The summed E-state index contributed by atoms with van der Waals surface area (Å²) in [6, 6.07) is 7.25. The molecule has 2 aliphatic rings. The normalized spacial score (nSPS) is 21.8. The van der Waals surface area contributed by atoms with E-state index in [0.717, 1.165) is 5.56 Å². The van der Waals surface area contributed by atoms with Gasteiger partial charge in [0.2, 0.25) is 5.88 Å². The molecule has 6 nitrogen and oxygen atoms in total. The van der Waals surface area contributed by atoms with Gasteiger partial charge in [-0.05, 0) is 23.1 Å². The zero-order valence-corrected chi connectivity index (χ0v) is 15.4. The predicted molar refractivity (Wildman–Crippen MR) is 95.1 cm³/mol. The molecule has 1 aromatic rings. The summed E-state index contributed by atoms with van der Waals surface area (Å²) >= 11 is 0. The van der Waals surface area contributed by atoms with E-state index in [0.29, 0.717) is 29.9 Å². The van der Waals surface area contributed by atoms with Gasteiger partial charge in [-0.1, -0.05) is 26.0 Å². The number of nitrogens with two attached hydrogens (primary N) is 1. The minimum absolute atomic E-state index is 0.0195. The molecule has 0 radical (unpaired) electrons. The molecule has 1 aliphatic heterocycles. The lowest BCUT2D eigenvalue weighted by atomic mass is 9.70. The molecule has 0 saturated carbocycles. The highest BCUT2D eigenvalue weighted by Gasteiger charge is 2.44. The van der Waals surface area contributed by atoms with Gasteiger partial charge in [-0.3, -0.25) is 4.79 Å². The van der Waals surface area contributed by atoms with Crippen molar-refractivity contribution >= 4 is 11.8 Å². The minimum atomic E-state index is -0.634. The molecule has 0 aromatic heterocycles. The molecule has 1 aromatic carbocycles. The number of ketones is 1. The van der Waals surface area contributed by atoms with Crippen molar-refractivity contribution in [3.8, 4) is 5.75 Å². The monoisotopic (exact) mass is 357 g/mol. The lowest BCUT2D eigenvalue weighted by molar-refractivity contribution is -0.136. The summed E-state index contributed by atoms with van der Waals surface area (Å²) < 4.78 is 15.9. The van der Waals surface area contributed by atoms with Crippen molar-refractivity contribution in [1.82, 2.24) is 0 Å². The Morgan fingerprint density at radius 2 is 2.00 bits per heavy atom. The molecule has 0 fully saturated rings. The second kappa shape index (κ2) is 6.52. The highest BCUT2D eigenvalue weighted by molar-refractivity contribution is 6.03. The summed E-state index contributed by atoms with van der Waals surface area (Å²) in [6.45, 7) is 4.02. The molecule has 1 heterocycles. The van der Waals surface area contributed by atoms with Gasteiger partial charge < -0.3 is 19.9 Å². The van der Waals surface area contributed by atoms with Gasteiger partial charge in [0.1, 0.15) is 17.1 Å². The fraction of sp³-hybridized carbons (Fsp3) is 0.400. The van der Waals surface area contributed by atoms with Gasteiger partial charge in [0, 0.05) is 18.4 Å². The van der Waals surface area contributed by atoms with Crippen LogP contribution in [0.3, 0.4) is 0 Å². The topological polar surface area (TPSA) is 87.9 Å². The average molecular weight is 357 g/mol. The third-order valence-electron chi connectivity index (χ3n) is 4.79. The maximum Gasteiger partial charge on any atom is 0.340 e. The van der Waals surface area contributed by atoms with Crippen LogP contribution in [0.15, 0.2) is 47.1 Å². The first kappa shape index (κ1) is 18.0. The fourth-order valence-corrected chi connectivity index (χ4v) is 3.65. The highest BCUT2D eigenvalue weighted by atomic mass is 16.5. The molecule has 0 bridgehead atoms. The Hall–Kier alpha value is -2.76. The molecule has 3 rings (SSSR count). The van der Waals surface area contributed by atoms with Crippen LogP contribution in [0.5, 0.6) is 5.75 Å². The summed E-state index contributed by atoms with van der Waals surface area (Å²) in [5.41, 5.74) is 7.21. The smallest absolute Gasteiger partial charge is 0.340 e. The van der Waals surface area contributed by atoms with Crippen molar-refractivity contribution in [3.63, 3.8) is 0 Å². The van der Waals surface area contributed by atoms with E-state index >= 15 is 0 Å². The number of hydrogen-bond acceptors (Lipinski definition) is 6. The van der Waals surface area contributed by atoms with E-state index in [-0.39, 0.29) is 22.7 Å². The minimum Gasteiger partial charge on any atom is -0.497 e. The Morgan fingerprint density at radius 3 is 2.65 bits per heavy atom. The molecule has 1 atom stereocenters. The number of benzene rings is 1. The van der Waals surface area contributed by atoms with Crippen molar-refractivity contribution in [1.29, 1.82) is 0 Å². The van der Waals surface area contributed by atoms with Crippen LogP contribution in [-0.2, 0) is 19.1 Å². The van der Waals surface area contributed by atoms with Crippen LogP contribution in [0.25, 0.3) is 0 Å². The van der Waals surface area contributed by atoms with Gasteiger partial charge >= 0.3 is 5.97 Å². The van der Waals surface area contributed by atoms with Crippen molar-refractivity contribution in [2.75, 3.05) is 14.2 Å². The maximum absolute atomic E-state index is 13.0. The van der Waals surface area contributed by atoms with Gasteiger partial charge in [-0.25, -0.2) is 4.79 Å². The molecule has 0 amide bonds. The molecule has 1 aliphatic carbocycles. The average Bonchev–Trinajstić information content (AvgIpc) is 2.58. The van der Waals surface area contributed by atoms with E-state index in [1.807, 2.05) is 26.0 Å². The van der Waals surface area contributed by atoms with Crippen LogP contribution >= 0.6 is 0 Å². The molecule has 6 heteroatoms. The number of esters is 1. The molecule has 0 spiro atoms. The van der Waals surface area contributed by atoms with E-state index in [4.69, 9.17) is 19.9 Å². The van der Waals surface area contributed by atoms with Crippen LogP contribution in [-0.4, -0.2) is 26.0 Å². The molecule has 138 valence electrons. The van der Waals surface area contributed by atoms with Gasteiger partial charge in [0.15, 0.2) is 5.78 Å². The molecule has 2 N–H and O–H groups in total. The number of Topliss-reactive ketones (excluding diaryl/α,β-unsaturated/α-hetero) is 1. The SMILES string of the molecule is COC(=O)C1=C(N)OC2=C(C(=O)CC(C)(C)C2)C1c1cccc(OC)c1. The number of rotatable bonds is 3. The van der Waals surface area contributed by atoms with Crippen molar-refractivity contribution in [3.05, 3.63) is 52.6 Å². The van der Waals surface area contributed by atoms with Crippen LogP contribution in [0.4, 0.5) is 0 Å². The Kier molecular flexibility index (Phi) is 4.52. The molecule has 26 heavy (non-hydrogen) atoms. The van der Waals surface area contributed by atoms with Gasteiger partial charge in [-0.15, -0.1) is 0 Å². The van der Waals surface area contributed by atoms with E-state index in [1.165, 1.54) is 7.11 Å². The van der Waals surface area contributed by atoms with Crippen molar-refractivity contribution < 1.29 is 23.8 Å². The largest absolute Gasteiger partial charge is 0.497 e. The zero-order valence-electron chi connectivity index (χ0n) is 15.4. The van der Waals surface area contributed by atoms with E-state index < -0.39 is 11.9 Å². The molecule has 1 unspecified atom stereocenters. The van der Waals surface area contributed by atoms with E-state index in [1.54, 1.807) is 19.2 Å². The third kappa shape index (κ3) is 3.07. The maximum atomic E-state index is 13.0. The summed E-state index contributed by atoms with van der Waals surface area (Å²) in [4.78, 5) is 25.4. The first-order valence-corrected chi connectivity index (χ1v) is 8.43. The van der Waals surface area contributed by atoms with Crippen molar-refractivity contribution in [2.24, 2.45) is 11.1 Å². The standard InChI is InChI=1S/C20H23NO5/c1-20(2)9-13(22)16-14(10-20)26-18(21)17(19(23)25-4)15(16)11-6-5-7-12(8-11)24-3/h5-8,15H,9-10,21H2,1-4H3. The van der Waals surface area contributed by atoms with Crippen LogP contribution in [0.2, 0.25) is 0 Å². The summed E-state index contributed by atoms with van der Waals surface area (Å²) in [5, 5.41) is 0. The number of carbonyl (C=O) groups excluding carboxylic acids is 2. The second-order valence-electron chi connectivity index (χ2n) is 7.36. The number of ether oxygens (including phenoxy) is 3. The highest BCUT2D eigenvalue weighted by Crippen LogP contribution is 2.48. The number of methoxy groups -OCH3 is 2. The summed E-state index contributed by atoms with van der Waals surface area (Å²) in [7, 11) is 2.84. The third-order valence-corrected chi connectivity index (χ3v) is 4.79. The predicted octanol–water partition coefficient (Wildman–Crippen LogP) is 2.80. The van der Waals surface area contributed by atoms with E-state index in [9.17, 15) is 9.59 Å². The zero-order chi connectivity index (χ0) is 19.1. The summed E-state index contributed by atoms with van der Waals surface area (Å²) in [6.07, 6.45) is 0.952. The number of carbonyl (C=O) groups is 2. The second-order valence-corrected chi connectivity index (χ2v) is 7.36. The molecular formula is C20H23NO5. The van der Waals surface area contributed by atoms with Crippen LogP contribution in [0, 0.1) is 5.41 Å².